The first kappa shape index (κ1) is 26.6. The Bertz CT molecular complexity index is 999. The maximum Gasteiger partial charge on any atom is 0.339 e. The Morgan fingerprint density at radius 2 is 1.74 bits per heavy atom. The summed E-state index contributed by atoms with van der Waals surface area (Å²) < 4.78 is 24.1. The zero-order chi connectivity index (χ0) is 25.5. The number of aliphatic hydroxyl groups is 1. The zero-order valence-electron chi connectivity index (χ0n) is 20.8. The molecule has 192 valence electrons. The van der Waals surface area contributed by atoms with Gasteiger partial charge in [-0.05, 0) is 49.9 Å². The molecule has 1 aromatic heterocycles. The smallest absolute Gasteiger partial charge is 0.339 e. The molecule has 1 fully saturated rings. The van der Waals surface area contributed by atoms with Crippen LogP contribution in [0.3, 0.4) is 0 Å². The fraction of sp³-hybridized carbons (Fsp3) is 0.538. The van der Waals surface area contributed by atoms with Gasteiger partial charge in [0.1, 0.15) is 23.7 Å². The molecule has 1 saturated carbocycles. The maximum absolute atomic E-state index is 12.4. The Morgan fingerprint density at radius 3 is 2.29 bits per heavy atom. The van der Waals surface area contributed by atoms with Gasteiger partial charge in [-0.3, -0.25) is 4.79 Å². The molecule has 0 saturated heterocycles. The van der Waals surface area contributed by atoms with Crippen LogP contribution in [-0.4, -0.2) is 59.8 Å². The lowest BCUT2D eigenvalue weighted by atomic mass is 10.0. The monoisotopic (exact) mass is 489 g/mol. The molecule has 0 amide bonds. The standard InChI is InChI=1S/C26H35NO8/c1-5-34-26(31)20-14-27(13-18(20)12-24(28)29)15-23(35-19-8-6-7-9-19)25(30)17-10-21(32-3)16(2)22(11-17)33-4/h10-11,13-14,19,23,25,30H,5-9,12,15H2,1-4H3,(H,28,29)/t23-,25+/m0/s1. The average Bonchev–Trinajstić information content (AvgIpc) is 3.48. The lowest BCUT2D eigenvalue weighted by Crippen LogP contribution is -2.31. The fourth-order valence-electron chi connectivity index (χ4n) is 4.55. The van der Waals surface area contributed by atoms with Gasteiger partial charge in [0.2, 0.25) is 0 Å². The number of aromatic nitrogens is 1. The summed E-state index contributed by atoms with van der Waals surface area (Å²) in [6.07, 6.45) is 5.15. The molecule has 3 rings (SSSR count). The van der Waals surface area contributed by atoms with E-state index in [-0.39, 0.29) is 31.2 Å². The molecule has 0 aliphatic heterocycles. The fourth-order valence-corrected chi connectivity index (χ4v) is 4.55. The van der Waals surface area contributed by atoms with Crippen LogP contribution in [0.1, 0.15) is 65.8 Å². The second-order valence-electron chi connectivity index (χ2n) is 8.76. The molecule has 1 heterocycles. The topological polar surface area (TPSA) is 116 Å². The SMILES string of the molecule is CCOC(=O)c1cn(C[C@H](OC2CCCC2)[C@H](O)c2cc(OC)c(C)c(OC)c2)cc1CC(=O)O. The van der Waals surface area contributed by atoms with Crippen LogP contribution in [0.25, 0.3) is 0 Å². The van der Waals surface area contributed by atoms with Crippen LogP contribution in [-0.2, 0) is 27.2 Å². The summed E-state index contributed by atoms with van der Waals surface area (Å²) in [5.74, 6) is -0.449. The van der Waals surface area contributed by atoms with Gasteiger partial charge in [0.05, 0.1) is 45.5 Å². The number of carbonyl (C=O) groups is 2. The number of hydrogen-bond donors (Lipinski definition) is 2. The van der Waals surface area contributed by atoms with E-state index >= 15 is 0 Å². The molecule has 0 bridgehead atoms. The number of carboxylic acid groups (broad SMARTS) is 1. The van der Waals surface area contributed by atoms with Gasteiger partial charge >= 0.3 is 11.9 Å². The van der Waals surface area contributed by atoms with Gasteiger partial charge in [0.15, 0.2) is 0 Å². The van der Waals surface area contributed by atoms with E-state index < -0.39 is 24.1 Å². The Balaban J connectivity index is 1.94. The predicted molar refractivity (Wildman–Crippen MR) is 128 cm³/mol. The average molecular weight is 490 g/mol. The highest BCUT2D eigenvalue weighted by molar-refractivity contribution is 5.92. The molecule has 9 nitrogen and oxygen atoms in total. The second kappa shape index (κ2) is 12.1. The minimum Gasteiger partial charge on any atom is -0.496 e. The number of ether oxygens (including phenoxy) is 4. The Morgan fingerprint density at radius 1 is 1.11 bits per heavy atom. The van der Waals surface area contributed by atoms with Crippen molar-refractivity contribution in [3.05, 3.63) is 46.8 Å². The summed E-state index contributed by atoms with van der Waals surface area (Å²) in [6.45, 7) is 3.96. The summed E-state index contributed by atoms with van der Waals surface area (Å²) in [6, 6.07) is 3.53. The van der Waals surface area contributed by atoms with Crippen LogP contribution >= 0.6 is 0 Å². The Labute approximate surface area is 205 Å². The van der Waals surface area contributed by atoms with Gasteiger partial charge in [0.25, 0.3) is 0 Å². The summed E-state index contributed by atoms with van der Waals surface area (Å²) in [5, 5.41) is 20.7. The van der Waals surface area contributed by atoms with Crippen molar-refractivity contribution in [2.24, 2.45) is 0 Å². The number of aliphatic carboxylic acids is 1. The third kappa shape index (κ3) is 6.55. The lowest BCUT2D eigenvalue weighted by molar-refractivity contribution is -0.136. The first-order chi connectivity index (χ1) is 16.8. The normalized spacial score (nSPS) is 15.6. The second-order valence-corrected chi connectivity index (χ2v) is 8.76. The summed E-state index contributed by atoms with van der Waals surface area (Å²) in [5.41, 5.74) is 1.95. The molecule has 35 heavy (non-hydrogen) atoms. The molecule has 2 atom stereocenters. The number of carbonyl (C=O) groups excluding carboxylic acids is 1. The van der Waals surface area contributed by atoms with Crippen LogP contribution in [0.2, 0.25) is 0 Å². The molecule has 2 N–H and O–H groups in total. The Hall–Kier alpha value is -3.04. The molecule has 0 spiro atoms. The van der Waals surface area contributed by atoms with E-state index in [0.29, 0.717) is 22.6 Å². The molecule has 1 aliphatic carbocycles. The highest BCUT2D eigenvalue weighted by Gasteiger charge is 2.29. The van der Waals surface area contributed by atoms with Crippen molar-refractivity contribution >= 4 is 11.9 Å². The zero-order valence-corrected chi connectivity index (χ0v) is 20.8. The van der Waals surface area contributed by atoms with Gasteiger partial charge in [-0.15, -0.1) is 0 Å². The highest BCUT2D eigenvalue weighted by Crippen LogP contribution is 2.35. The van der Waals surface area contributed by atoms with Crippen molar-refractivity contribution < 1.29 is 38.7 Å². The van der Waals surface area contributed by atoms with Crippen LogP contribution in [0.5, 0.6) is 11.5 Å². The lowest BCUT2D eigenvalue weighted by Gasteiger charge is -2.28. The Kier molecular flexibility index (Phi) is 9.17. The summed E-state index contributed by atoms with van der Waals surface area (Å²) in [7, 11) is 3.12. The largest absolute Gasteiger partial charge is 0.496 e. The highest BCUT2D eigenvalue weighted by atomic mass is 16.5. The minimum absolute atomic E-state index is 0.0162. The molecule has 2 aromatic rings. The van der Waals surface area contributed by atoms with E-state index in [1.165, 1.54) is 0 Å². The number of methoxy groups -OCH3 is 2. The first-order valence-corrected chi connectivity index (χ1v) is 11.9. The maximum atomic E-state index is 12.4. The number of nitrogens with zero attached hydrogens (tertiary/aromatic N) is 1. The van der Waals surface area contributed by atoms with Crippen molar-refractivity contribution in [2.45, 2.75) is 70.8 Å². The van der Waals surface area contributed by atoms with Gasteiger partial charge in [-0.25, -0.2) is 4.79 Å². The summed E-state index contributed by atoms with van der Waals surface area (Å²) in [4.78, 5) is 23.8. The molecule has 0 unspecified atom stereocenters. The number of rotatable bonds is 12. The van der Waals surface area contributed by atoms with E-state index in [2.05, 4.69) is 0 Å². The molecular formula is C26H35NO8. The number of esters is 1. The van der Waals surface area contributed by atoms with E-state index in [1.54, 1.807) is 50.2 Å². The van der Waals surface area contributed by atoms with Crippen molar-refractivity contribution in [1.29, 1.82) is 0 Å². The number of benzene rings is 1. The quantitative estimate of drug-likeness (QED) is 0.434. The van der Waals surface area contributed by atoms with E-state index in [0.717, 1.165) is 31.2 Å². The van der Waals surface area contributed by atoms with Crippen LogP contribution < -0.4 is 9.47 Å². The van der Waals surface area contributed by atoms with Crippen molar-refractivity contribution in [3.63, 3.8) is 0 Å². The van der Waals surface area contributed by atoms with Gasteiger partial charge in [-0.2, -0.15) is 0 Å². The first-order valence-electron chi connectivity index (χ1n) is 11.9. The van der Waals surface area contributed by atoms with Crippen molar-refractivity contribution in [3.8, 4) is 11.5 Å². The molecule has 1 aliphatic rings. The molecule has 1 aromatic carbocycles. The predicted octanol–water partition coefficient (Wildman–Crippen LogP) is 3.68. The van der Waals surface area contributed by atoms with Crippen LogP contribution in [0.4, 0.5) is 0 Å². The number of aliphatic hydroxyl groups excluding tert-OH is 1. The van der Waals surface area contributed by atoms with E-state index in [4.69, 9.17) is 18.9 Å². The molecule has 0 radical (unpaired) electrons. The van der Waals surface area contributed by atoms with E-state index in [1.807, 2.05) is 6.92 Å². The molecule has 9 heteroatoms. The van der Waals surface area contributed by atoms with Crippen LogP contribution in [0.15, 0.2) is 24.5 Å². The third-order valence-electron chi connectivity index (χ3n) is 6.33. The van der Waals surface area contributed by atoms with E-state index in [9.17, 15) is 19.8 Å². The van der Waals surface area contributed by atoms with Gasteiger partial charge in [0, 0.05) is 18.0 Å². The number of hydrogen-bond acceptors (Lipinski definition) is 7. The van der Waals surface area contributed by atoms with Gasteiger partial charge in [-0.1, -0.05) is 12.8 Å². The van der Waals surface area contributed by atoms with Crippen molar-refractivity contribution in [1.82, 2.24) is 4.57 Å². The van der Waals surface area contributed by atoms with Crippen LogP contribution in [0, 0.1) is 6.92 Å². The molecular weight excluding hydrogens is 454 g/mol. The third-order valence-corrected chi connectivity index (χ3v) is 6.33. The van der Waals surface area contributed by atoms with Crippen molar-refractivity contribution in [2.75, 3.05) is 20.8 Å². The van der Waals surface area contributed by atoms with Gasteiger partial charge < -0.3 is 33.7 Å². The number of carboxylic acids is 1. The minimum atomic E-state index is -1.05. The summed E-state index contributed by atoms with van der Waals surface area (Å²) >= 11 is 0.